The quantitative estimate of drug-likeness (QED) is 0.699. The van der Waals surface area contributed by atoms with Gasteiger partial charge in [-0.05, 0) is 36.8 Å². The van der Waals surface area contributed by atoms with Gasteiger partial charge in [-0.15, -0.1) is 0 Å². The first kappa shape index (κ1) is 15.9. The van der Waals surface area contributed by atoms with Gasteiger partial charge in [0.25, 0.3) is 0 Å². The van der Waals surface area contributed by atoms with E-state index in [1.165, 1.54) is 25.7 Å². The van der Waals surface area contributed by atoms with Gasteiger partial charge in [0.05, 0.1) is 5.39 Å². The lowest BCUT2D eigenvalue weighted by molar-refractivity contribution is 0.319. The molecule has 0 saturated carbocycles. The van der Waals surface area contributed by atoms with E-state index in [0.29, 0.717) is 17.9 Å². The molecule has 0 radical (unpaired) electrons. The summed E-state index contributed by atoms with van der Waals surface area (Å²) in [6, 6.07) is 8.49. The second kappa shape index (κ2) is 7.48. The maximum atomic E-state index is 5.42. The third kappa shape index (κ3) is 3.78. The highest BCUT2D eigenvalue weighted by Crippen LogP contribution is 2.29. The highest BCUT2D eigenvalue weighted by molar-refractivity contribution is 5.87. The summed E-state index contributed by atoms with van der Waals surface area (Å²) in [6.07, 6.45) is 4.99. The smallest absolute Gasteiger partial charge is 0.177 e. The Kier molecular flexibility index (Phi) is 5.66. The van der Waals surface area contributed by atoms with Crippen LogP contribution >= 0.6 is 0 Å². The lowest BCUT2D eigenvalue weighted by atomic mass is 9.84. The van der Waals surface area contributed by atoms with E-state index in [1.54, 1.807) is 0 Å². The number of fused-ring (bicyclic) bond motifs is 1. The molecule has 1 heterocycles. The summed E-state index contributed by atoms with van der Waals surface area (Å²) in [4.78, 5) is 0. The molecule has 1 atom stereocenters. The molecule has 0 amide bonds. The molecule has 0 aliphatic carbocycles. The Balaban J connectivity index is 2.22. The molecule has 2 aromatic rings. The molecule has 0 bridgehead atoms. The summed E-state index contributed by atoms with van der Waals surface area (Å²) in [5.41, 5.74) is 0.852. The van der Waals surface area contributed by atoms with Crippen LogP contribution in [0.25, 0.3) is 11.0 Å². The van der Waals surface area contributed by atoms with Crippen LogP contribution in [0.3, 0.4) is 0 Å². The number of rotatable bonds is 8. The predicted molar refractivity (Wildman–Crippen MR) is 89.6 cm³/mol. The van der Waals surface area contributed by atoms with Crippen molar-refractivity contribution in [2.24, 2.45) is 11.8 Å². The van der Waals surface area contributed by atoms with E-state index < -0.39 is 0 Å². The predicted octanol–water partition coefficient (Wildman–Crippen LogP) is 5.48. The molecular formula is C18H28N2O. The largest absolute Gasteiger partial charge is 0.363 e. The Hall–Kier alpha value is -1.51. The van der Waals surface area contributed by atoms with Crippen LogP contribution in [0.2, 0.25) is 0 Å². The average molecular weight is 288 g/mol. The van der Waals surface area contributed by atoms with E-state index in [0.717, 1.165) is 16.8 Å². The van der Waals surface area contributed by atoms with Crippen molar-refractivity contribution in [3.05, 3.63) is 24.3 Å². The number of hydrogen-bond acceptors (Lipinski definition) is 3. The van der Waals surface area contributed by atoms with E-state index in [1.807, 2.05) is 18.2 Å². The molecular weight excluding hydrogens is 260 g/mol. The van der Waals surface area contributed by atoms with Crippen LogP contribution in [-0.2, 0) is 0 Å². The number of nitrogens with one attached hydrogen (secondary N) is 1. The molecule has 3 nitrogen and oxygen atoms in total. The number of nitrogens with zero attached hydrogens (tertiary/aromatic N) is 1. The Morgan fingerprint density at radius 1 is 1.10 bits per heavy atom. The maximum Gasteiger partial charge on any atom is 0.177 e. The lowest BCUT2D eigenvalue weighted by Crippen LogP contribution is -2.34. The molecule has 0 saturated heterocycles. The minimum Gasteiger partial charge on any atom is -0.363 e. The molecule has 1 unspecified atom stereocenters. The SMILES string of the molecule is CCCC(CCC)C(Nc1noc2ccccc12)C(C)C. The molecule has 0 spiro atoms. The summed E-state index contributed by atoms with van der Waals surface area (Å²) < 4.78 is 5.42. The van der Waals surface area contributed by atoms with Gasteiger partial charge in [-0.2, -0.15) is 0 Å². The molecule has 1 aromatic heterocycles. The molecule has 2 rings (SSSR count). The van der Waals surface area contributed by atoms with Gasteiger partial charge in [-0.1, -0.05) is 57.8 Å². The minimum absolute atomic E-state index is 0.443. The standard InChI is InChI=1S/C18H28N2O/c1-5-9-14(10-6-2)17(13(3)4)19-18-15-11-7-8-12-16(15)21-20-18/h7-8,11-14,17H,5-6,9-10H2,1-4H3,(H,19,20). The van der Waals surface area contributed by atoms with Crippen molar-refractivity contribution >= 4 is 16.8 Å². The zero-order valence-electron chi connectivity index (χ0n) is 13.7. The Morgan fingerprint density at radius 3 is 2.38 bits per heavy atom. The summed E-state index contributed by atoms with van der Waals surface area (Å²) in [6.45, 7) is 9.12. The highest BCUT2D eigenvalue weighted by Gasteiger charge is 2.24. The summed E-state index contributed by atoms with van der Waals surface area (Å²) in [7, 11) is 0. The van der Waals surface area contributed by atoms with Gasteiger partial charge in [0.15, 0.2) is 11.4 Å². The first-order valence-electron chi connectivity index (χ1n) is 8.28. The molecule has 0 aliphatic heterocycles. The topological polar surface area (TPSA) is 38.1 Å². The first-order chi connectivity index (χ1) is 10.2. The molecule has 0 fully saturated rings. The average Bonchev–Trinajstić information content (AvgIpc) is 2.87. The van der Waals surface area contributed by atoms with E-state index in [4.69, 9.17) is 4.52 Å². The Morgan fingerprint density at radius 2 is 1.76 bits per heavy atom. The molecule has 21 heavy (non-hydrogen) atoms. The Bertz CT molecular complexity index is 541. The van der Waals surface area contributed by atoms with Crippen LogP contribution < -0.4 is 5.32 Å². The number of hydrogen-bond donors (Lipinski definition) is 1. The van der Waals surface area contributed by atoms with E-state index in [9.17, 15) is 0 Å². The monoisotopic (exact) mass is 288 g/mol. The third-order valence-corrected chi connectivity index (χ3v) is 4.23. The number of aromatic nitrogens is 1. The number of para-hydroxylation sites is 1. The van der Waals surface area contributed by atoms with Crippen LogP contribution in [0.1, 0.15) is 53.4 Å². The number of anilines is 1. The van der Waals surface area contributed by atoms with Gasteiger partial charge >= 0.3 is 0 Å². The van der Waals surface area contributed by atoms with Gasteiger partial charge in [0.1, 0.15) is 0 Å². The van der Waals surface area contributed by atoms with Crippen molar-refractivity contribution in [3.8, 4) is 0 Å². The molecule has 1 aromatic carbocycles. The zero-order valence-corrected chi connectivity index (χ0v) is 13.7. The third-order valence-electron chi connectivity index (χ3n) is 4.23. The fraction of sp³-hybridized carbons (Fsp3) is 0.611. The zero-order chi connectivity index (χ0) is 15.2. The van der Waals surface area contributed by atoms with Crippen molar-refractivity contribution < 1.29 is 4.52 Å². The van der Waals surface area contributed by atoms with Crippen LogP contribution in [0.5, 0.6) is 0 Å². The van der Waals surface area contributed by atoms with Gasteiger partial charge in [0.2, 0.25) is 0 Å². The maximum absolute atomic E-state index is 5.42. The second-order valence-electron chi connectivity index (χ2n) is 6.28. The second-order valence-corrected chi connectivity index (χ2v) is 6.28. The van der Waals surface area contributed by atoms with E-state index >= 15 is 0 Å². The highest BCUT2D eigenvalue weighted by atomic mass is 16.5. The van der Waals surface area contributed by atoms with Crippen LogP contribution in [0.15, 0.2) is 28.8 Å². The molecule has 0 aliphatic rings. The lowest BCUT2D eigenvalue weighted by Gasteiger charge is -2.31. The number of benzene rings is 1. The van der Waals surface area contributed by atoms with Crippen molar-refractivity contribution in [1.29, 1.82) is 0 Å². The van der Waals surface area contributed by atoms with Crippen LogP contribution in [-0.4, -0.2) is 11.2 Å². The fourth-order valence-electron chi connectivity index (χ4n) is 3.22. The van der Waals surface area contributed by atoms with Crippen molar-refractivity contribution in [1.82, 2.24) is 5.16 Å². The van der Waals surface area contributed by atoms with E-state index in [2.05, 4.69) is 44.2 Å². The van der Waals surface area contributed by atoms with Crippen molar-refractivity contribution in [2.75, 3.05) is 5.32 Å². The fourth-order valence-corrected chi connectivity index (χ4v) is 3.22. The van der Waals surface area contributed by atoms with Gasteiger partial charge in [0, 0.05) is 6.04 Å². The Labute approximate surface area is 128 Å². The van der Waals surface area contributed by atoms with Gasteiger partial charge in [-0.3, -0.25) is 0 Å². The van der Waals surface area contributed by atoms with Crippen molar-refractivity contribution in [2.45, 2.75) is 59.4 Å². The normalized spacial score (nSPS) is 13.2. The summed E-state index contributed by atoms with van der Waals surface area (Å²) in [5, 5.41) is 8.98. The summed E-state index contributed by atoms with van der Waals surface area (Å²) in [5.74, 6) is 2.15. The van der Waals surface area contributed by atoms with Crippen molar-refractivity contribution in [3.63, 3.8) is 0 Å². The molecule has 116 valence electrons. The van der Waals surface area contributed by atoms with Gasteiger partial charge < -0.3 is 9.84 Å². The summed E-state index contributed by atoms with van der Waals surface area (Å²) >= 11 is 0. The first-order valence-corrected chi connectivity index (χ1v) is 8.28. The van der Waals surface area contributed by atoms with Crippen LogP contribution in [0.4, 0.5) is 5.82 Å². The molecule has 3 heteroatoms. The van der Waals surface area contributed by atoms with Gasteiger partial charge in [-0.25, -0.2) is 0 Å². The van der Waals surface area contributed by atoms with E-state index in [-0.39, 0.29) is 0 Å². The van der Waals surface area contributed by atoms with Crippen LogP contribution in [0, 0.1) is 11.8 Å². The molecule has 1 N–H and O–H groups in total. The minimum atomic E-state index is 0.443.